The van der Waals surface area contributed by atoms with Crippen molar-refractivity contribution in [2.24, 2.45) is 0 Å². The summed E-state index contributed by atoms with van der Waals surface area (Å²) in [6.07, 6.45) is 1.72. The molecule has 1 fully saturated rings. The zero-order valence-corrected chi connectivity index (χ0v) is 14.5. The number of benzene rings is 1. The van der Waals surface area contributed by atoms with E-state index in [2.05, 4.69) is 10.1 Å². The molecule has 0 unspecified atom stereocenters. The topological polar surface area (TPSA) is 67.9 Å². The number of esters is 1. The van der Waals surface area contributed by atoms with Crippen molar-refractivity contribution in [2.45, 2.75) is 45.4 Å². The monoisotopic (exact) mass is 366 g/mol. The molecule has 1 aliphatic carbocycles. The Kier molecular flexibility index (Phi) is 5.11. The third-order valence-corrected chi connectivity index (χ3v) is 4.38. The number of nitrogens with one attached hydrogen (secondary N) is 1. The highest BCUT2D eigenvalue weighted by atomic mass is 19.3. The van der Waals surface area contributed by atoms with Gasteiger partial charge in [0.2, 0.25) is 0 Å². The Labute approximate surface area is 149 Å². The van der Waals surface area contributed by atoms with Crippen molar-refractivity contribution in [3.05, 3.63) is 41.1 Å². The second kappa shape index (κ2) is 7.31. The summed E-state index contributed by atoms with van der Waals surface area (Å²) in [5, 5.41) is 2.74. The van der Waals surface area contributed by atoms with Crippen molar-refractivity contribution in [1.82, 2.24) is 10.2 Å². The number of carbonyl (C=O) groups is 2. The molecule has 1 saturated carbocycles. The minimum atomic E-state index is -3.02. The summed E-state index contributed by atoms with van der Waals surface area (Å²) in [5.41, 5.74) is 0.981. The van der Waals surface area contributed by atoms with Gasteiger partial charge in [-0.05, 0) is 32.8 Å². The van der Waals surface area contributed by atoms with E-state index in [4.69, 9.17) is 4.74 Å². The lowest BCUT2D eigenvalue weighted by Gasteiger charge is -2.36. The van der Waals surface area contributed by atoms with E-state index in [-0.39, 0.29) is 35.6 Å². The Bertz CT molecular complexity index is 746. The van der Waals surface area contributed by atoms with Crippen molar-refractivity contribution < 1.29 is 27.8 Å². The molecule has 6 nitrogen and oxygen atoms in total. The number of halogens is 2. The van der Waals surface area contributed by atoms with E-state index < -0.39 is 18.6 Å². The molecular weight excluding hydrogens is 346 g/mol. The number of carbonyl (C=O) groups excluding carboxylic acids is 2. The summed E-state index contributed by atoms with van der Waals surface area (Å²) in [5.74, 6) is -0.685. The molecule has 0 aromatic heterocycles. The van der Waals surface area contributed by atoms with Crippen molar-refractivity contribution in [2.75, 3.05) is 6.61 Å². The van der Waals surface area contributed by atoms with Crippen LogP contribution in [0.3, 0.4) is 0 Å². The molecule has 3 rings (SSSR count). The summed E-state index contributed by atoms with van der Waals surface area (Å²) >= 11 is 0. The van der Waals surface area contributed by atoms with Gasteiger partial charge in [0.15, 0.2) is 0 Å². The number of para-hydroxylation sites is 1. The van der Waals surface area contributed by atoms with Gasteiger partial charge in [0, 0.05) is 17.3 Å². The van der Waals surface area contributed by atoms with E-state index >= 15 is 0 Å². The van der Waals surface area contributed by atoms with Crippen LogP contribution in [0, 0.1) is 0 Å². The lowest BCUT2D eigenvalue weighted by molar-refractivity contribution is -0.139. The summed E-state index contributed by atoms with van der Waals surface area (Å²) in [6.45, 7) is 0.493. The maximum atomic E-state index is 12.8. The van der Waals surface area contributed by atoms with Gasteiger partial charge < -0.3 is 14.8 Å². The van der Waals surface area contributed by atoms with Crippen LogP contribution in [-0.4, -0.2) is 36.2 Å². The fourth-order valence-corrected chi connectivity index (χ4v) is 3.16. The normalized spacial score (nSPS) is 20.3. The first-order valence-electron chi connectivity index (χ1n) is 8.45. The van der Waals surface area contributed by atoms with E-state index in [1.165, 1.54) is 6.07 Å². The summed E-state index contributed by atoms with van der Waals surface area (Å²) in [6, 6.07) is 4.85. The predicted molar refractivity (Wildman–Crippen MR) is 88.5 cm³/mol. The van der Waals surface area contributed by atoms with Gasteiger partial charge in [-0.15, -0.1) is 0 Å². The Morgan fingerprint density at radius 3 is 2.65 bits per heavy atom. The summed E-state index contributed by atoms with van der Waals surface area (Å²) in [7, 11) is 0. The van der Waals surface area contributed by atoms with Crippen LogP contribution in [0.15, 0.2) is 35.5 Å². The van der Waals surface area contributed by atoms with Gasteiger partial charge in [-0.2, -0.15) is 8.78 Å². The highest BCUT2D eigenvalue weighted by molar-refractivity contribution is 5.95. The first kappa shape index (κ1) is 18.2. The number of alkyl halides is 2. The molecule has 1 aromatic rings. The smallest absolute Gasteiger partial charge is 0.387 e. The number of amides is 2. The number of urea groups is 1. The molecule has 140 valence electrons. The lowest BCUT2D eigenvalue weighted by atomic mass is 9.94. The fourth-order valence-electron chi connectivity index (χ4n) is 3.16. The SMILES string of the molecule is CCOC(=O)C1=C(C)N(C2CC2)C(=O)N[C@@H]1c1ccccc1OC(F)F. The molecular formula is C18H20F2N2O4. The molecule has 8 heteroatoms. The molecule has 2 amide bonds. The molecule has 26 heavy (non-hydrogen) atoms. The molecule has 1 N–H and O–H groups in total. The highest BCUT2D eigenvalue weighted by Gasteiger charge is 2.43. The van der Waals surface area contributed by atoms with Crippen LogP contribution in [0.25, 0.3) is 0 Å². The maximum absolute atomic E-state index is 12.8. The zero-order valence-electron chi connectivity index (χ0n) is 14.5. The van der Waals surface area contributed by atoms with Crippen LogP contribution < -0.4 is 10.1 Å². The number of ether oxygens (including phenoxy) is 2. The third kappa shape index (κ3) is 3.49. The molecule has 1 atom stereocenters. The quantitative estimate of drug-likeness (QED) is 0.784. The Morgan fingerprint density at radius 1 is 1.35 bits per heavy atom. The fraction of sp³-hybridized carbons (Fsp3) is 0.444. The largest absolute Gasteiger partial charge is 0.463 e. The molecule has 2 aliphatic rings. The van der Waals surface area contributed by atoms with Crippen LogP contribution in [0.5, 0.6) is 5.75 Å². The maximum Gasteiger partial charge on any atom is 0.387 e. The van der Waals surface area contributed by atoms with E-state index in [1.807, 2.05) is 0 Å². The molecule has 1 heterocycles. The van der Waals surface area contributed by atoms with Crippen LogP contribution in [0.2, 0.25) is 0 Å². The minimum Gasteiger partial charge on any atom is -0.463 e. The van der Waals surface area contributed by atoms with Gasteiger partial charge in [0.25, 0.3) is 0 Å². The summed E-state index contributed by atoms with van der Waals surface area (Å²) in [4.78, 5) is 26.7. The van der Waals surface area contributed by atoms with Crippen molar-refractivity contribution >= 4 is 12.0 Å². The molecule has 1 aliphatic heterocycles. The standard InChI is InChI=1S/C18H20F2N2O4/c1-3-25-16(23)14-10(2)22(11-8-9-11)18(24)21-15(14)12-6-4-5-7-13(12)26-17(19)20/h4-7,11,15,17H,3,8-9H2,1-2H3,(H,21,24)/t15-/m1/s1. The molecule has 1 aromatic carbocycles. The van der Waals surface area contributed by atoms with Crippen LogP contribution in [0.4, 0.5) is 13.6 Å². The second-order valence-corrected chi connectivity index (χ2v) is 6.12. The van der Waals surface area contributed by atoms with Gasteiger partial charge in [-0.1, -0.05) is 18.2 Å². The Balaban J connectivity index is 2.07. The lowest BCUT2D eigenvalue weighted by Crippen LogP contribution is -2.49. The predicted octanol–water partition coefficient (Wildman–Crippen LogP) is 3.35. The van der Waals surface area contributed by atoms with Gasteiger partial charge in [0.05, 0.1) is 18.2 Å². The highest BCUT2D eigenvalue weighted by Crippen LogP contribution is 2.40. The van der Waals surface area contributed by atoms with E-state index in [0.717, 1.165) is 12.8 Å². The van der Waals surface area contributed by atoms with Gasteiger partial charge in [-0.3, -0.25) is 4.90 Å². The minimum absolute atomic E-state index is 0.0490. The molecule has 0 saturated heterocycles. The molecule has 0 bridgehead atoms. The van der Waals surface area contributed by atoms with Crippen LogP contribution in [-0.2, 0) is 9.53 Å². The number of allylic oxidation sites excluding steroid dienone is 1. The second-order valence-electron chi connectivity index (χ2n) is 6.12. The van der Waals surface area contributed by atoms with Crippen molar-refractivity contribution in [1.29, 1.82) is 0 Å². The van der Waals surface area contributed by atoms with Gasteiger partial charge in [-0.25, -0.2) is 9.59 Å². The number of rotatable bonds is 6. The van der Waals surface area contributed by atoms with E-state index in [0.29, 0.717) is 5.70 Å². The Hall–Kier alpha value is -2.64. The van der Waals surface area contributed by atoms with Crippen molar-refractivity contribution in [3.8, 4) is 5.75 Å². The summed E-state index contributed by atoms with van der Waals surface area (Å²) < 4.78 is 35.2. The number of nitrogens with zero attached hydrogens (tertiary/aromatic N) is 1. The third-order valence-electron chi connectivity index (χ3n) is 4.38. The first-order chi connectivity index (χ1) is 12.4. The molecule has 0 radical (unpaired) electrons. The van der Waals surface area contributed by atoms with E-state index in [9.17, 15) is 18.4 Å². The zero-order chi connectivity index (χ0) is 18.8. The van der Waals surface area contributed by atoms with Gasteiger partial charge in [0.1, 0.15) is 5.75 Å². The number of hydrogen-bond acceptors (Lipinski definition) is 4. The number of hydrogen-bond donors (Lipinski definition) is 1. The van der Waals surface area contributed by atoms with Crippen molar-refractivity contribution in [3.63, 3.8) is 0 Å². The van der Waals surface area contributed by atoms with E-state index in [1.54, 1.807) is 36.9 Å². The van der Waals surface area contributed by atoms with Crippen LogP contribution in [0.1, 0.15) is 38.3 Å². The Morgan fingerprint density at radius 2 is 2.04 bits per heavy atom. The average molecular weight is 366 g/mol. The van der Waals surface area contributed by atoms with Crippen LogP contribution >= 0.6 is 0 Å². The van der Waals surface area contributed by atoms with Gasteiger partial charge >= 0.3 is 18.6 Å². The first-order valence-corrected chi connectivity index (χ1v) is 8.45. The average Bonchev–Trinajstić information content (AvgIpc) is 3.39. The molecule has 0 spiro atoms.